The molecule has 0 spiro atoms. The van der Waals surface area contributed by atoms with E-state index in [2.05, 4.69) is 10.4 Å². The second-order valence-corrected chi connectivity index (χ2v) is 4.85. The van der Waals surface area contributed by atoms with Gasteiger partial charge in [0.25, 0.3) is 5.56 Å². The van der Waals surface area contributed by atoms with Gasteiger partial charge in [-0.1, -0.05) is 29.3 Å². The molecule has 2 rings (SSSR count). The second kappa shape index (κ2) is 5.50. The topological polar surface area (TPSA) is 66.9 Å². The van der Waals surface area contributed by atoms with Crippen LogP contribution in [0.1, 0.15) is 11.3 Å². The predicted octanol–water partition coefficient (Wildman–Crippen LogP) is 2.55. The number of nitrogens with zero attached hydrogens (tertiary/aromatic N) is 1. The van der Waals surface area contributed by atoms with Gasteiger partial charge in [-0.25, -0.2) is 4.79 Å². The number of nitrogens with one attached hydrogen (secondary N) is 2. The zero-order valence-corrected chi connectivity index (χ0v) is 11.5. The number of amides is 1. The smallest absolute Gasteiger partial charge is 0.332 e. The molecule has 7 heteroatoms. The van der Waals surface area contributed by atoms with Crippen LogP contribution in [0.15, 0.2) is 29.1 Å². The monoisotopic (exact) mass is 299 g/mol. The van der Waals surface area contributed by atoms with Gasteiger partial charge in [-0.3, -0.25) is 9.89 Å². The fourth-order valence-corrected chi connectivity index (χ4v) is 2.05. The Morgan fingerprint density at radius 3 is 2.68 bits per heavy atom. The fourth-order valence-electron chi connectivity index (χ4n) is 1.58. The molecule has 100 valence electrons. The molecule has 0 aliphatic heterocycles. The zero-order chi connectivity index (χ0) is 14.0. The first kappa shape index (κ1) is 13.7. The standard InChI is InChI=1S/C12H11Cl2N3O2/c1-7-4-11(18)17(16-7)12(19)15-6-8-2-3-9(13)5-10(8)14/h2-5,16H,6H2,1H3,(H,15,19). The van der Waals surface area contributed by atoms with Crippen LogP contribution in [-0.4, -0.2) is 15.8 Å². The molecule has 0 bridgehead atoms. The van der Waals surface area contributed by atoms with Crippen LogP contribution in [0.4, 0.5) is 4.79 Å². The average molecular weight is 300 g/mol. The van der Waals surface area contributed by atoms with Crippen molar-refractivity contribution in [3.8, 4) is 0 Å². The molecule has 0 aliphatic carbocycles. The van der Waals surface area contributed by atoms with Gasteiger partial charge in [-0.05, 0) is 24.6 Å². The van der Waals surface area contributed by atoms with E-state index in [1.807, 2.05) is 0 Å². The number of carbonyl (C=O) groups excluding carboxylic acids is 1. The minimum absolute atomic E-state index is 0.208. The van der Waals surface area contributed by atoms with Crippen molar-refractivity contribution >= 4 is 29.2 Å². The second-order valence-electron chi connectivity index (χ2n) is 4.01. The minimum atomic E-state index is -0.538. The molecule has 0 radical (unpaired) electrons. The molecule has 2 N–H and O–H groups in total. The SMILES string of the molecule is Cc1cc(=O)n(C(=O)NCc2ccc(Cl)cc2Cl)[nH]1. The van der Waals surface area contributed by atoms with Crippen LogP contribution in [0.2, 0.25) is 10.0 Å². The van der Waals surface area contributed by atoms with E-state index in [0.29, 0.717) is 15.7 Å². The van der Waals surface area contributed by atoms with Gasteiger partial charge in [0.1, 0.15) is 0 Å². The van der Waals surface area contributed by atoms with Crippen LogP contribution >= 0.6 is 23.2 Å². The predicted molar refractivity (Wildman–Crippen MR) is 73.9 cm³/mol. The van der Waals surface area contributed by atoms with Crippen molar-refractivity contribution in [1.82, 2.24) is 15.1 Å². The number of H-pyrrole nitrogens is 1. The normalized spacial score (nSPS) is 10.5. The Kier molecular flexibility index (Phi) is 3.97. The summed E-state index contributed by atoms with van der Waals surface area (Å²) in [6, 6.07) is 5.79. The van der Waals surface area contributed by atoms with Crippen molar-refractivity contribution in [2.24, 2.45) is 0 Å². The van der Waals surface area contributed by atoms with Crippen molar-refractivity contribution < 1.29 is 4.79 Å². The number of carbonyl (C=O) groups is 1. The summed E-state index contributed by atoms with van der Waals surface area (Å²) in [4.78, 5) is 23.2. The van der Waals surface area contributed by atoms with E-state index in [1.165, 1.54) is 6.07 Å². The first-order valence-electron chi connectivity index (χ1n) is 5.48. The highest BCUT2D eigenvalue weighted by Crippen LogP contribution is 2.20. The van der Waals surface area contributed by atoms with Crippen molar-refractivity contribution in [2.45, 2.75) is 13.5 Å². The molecule has 2 aromatic rings. The number of benzene rings is 1. The molecule has 0 atom stereocenters. The summed E-state index contributed by atoms with van der Waals surface area (Å²) in [7, 11) is 0. The van der Waals surface area contributed by atoms with Crippen LogP contribution in [-0.2, 0) is 6.54 Å². The van der Waals surface area contributed by atoms with E-state index in [4.69, 9.17) is 23.2 Å². The average Bonchev–Trinajstić information content (AvgIpc) is 2.67. The third kappa shape index (κ3) is 3.19. The highest BCUT2D eigenvalue weighted by atomic mass is 35.5. The Hall–Kier alpha value is -1.72. The lowest BCUT2D eigenvalue weighted by atomic mass is 10.2. The Morgan fingerprint density at radius 1 is 1.37 bits per heavy atom. The first-order chi connectivity index (χ1) is 8.97. The quantitative estimate of drug-likeness (QED) is 0.895. The number of aryl methyl sites for hydroxylation is 1. The number of rotatable bonds is 2. The van der Waals surface area contributed by atoms with E-state index in [1.54, 1.807) is 25.1 Å². The molecule has 5 nitrogen and oxygen atoms in total. The number of aromatic amines is 1. The van der Waals surface area contributed by atoms with E-state index in [9.17, 15) is 9.59 Å². The summed E-state index contributed by atoms with van der Waals surface area (Å²) in [6.07, 6.45) is 0. The first-order valence-corrected chi connectivity index (χ1v) is 6.24. The van der Waals surface area contributed by atoms with Crippen LogP contribution in [0, 0.1) is 6.92 Å². The molecule has 19 heavy (non-hydrogen) atoms. The van der Waals surface area contributed by atoms with Crippen LogP contribution in [0.5, 0.6) is 0 Å². The zero-order valence-electron chi connectivity index (χ0n) is 10.0. The summed E-state index contributed by atoms with van der Waals surface area (Å²) in [5.41, 5.74) is 0.928. The van der Waals surface area contributed by atoms with Crippen LogP contribution in [0.3, 0.4) is 0 Å². The van der Waals surface area contributed by atoms with Gasteiger partial charge in [0.05, 0.1) is 0 Å². The van der Waals surface area contributed by atoms with E-state index < -0.39 is 11.6 Å². The number of hydrogen-bond donors (Lipinski definition) is 2. The fraction of sp³-hybridized carbons (Fsp3) is 0.167. The van der Waals surface area contributed by atoms with Gasteiger partial charge in [0.2, 0.25) is 0 Å². The van der Waals surface area contributed by atoms with Crippen LogP contribution in [0.25, 0.3) is 0 Å². The van der Waals surface area contributed by atoms with Crippen molar-refractivity contribution in [3.05, 3.63) is 55.9 Å². The molecule has 0 saturated carbocycles. The Bertz CT molecular complexity index is 676. The maximum absolute atomic E-state index is 11.8. The molecular formula is C12H11Cl2N3O2. The van der Waals surface area contributed by atoms with Crippen LogP contribution < -0.4 is 10.9 Å². The van der Waals surface area contributed by atoms with Crippen molar-refractivity contribution in [3.63, 3.8) is 0 Å². The molecule has 1 aromatic heterocycles. The molecule has 0 saturated heterocycles. The van der Waals surface area contributed by atoms with Gasteiger partial charge in [-0.15, -0.1) is 0 Å². The molecule has 1 heterocycles. The van der Waals surface area contributed by atoms with Gasteiger partial charge < -0.3 is 5.32 Å². The Balaban J connectivity index is 2.08. The number of hydrogen-bond acceptors (Lipinski definition) is 2. The Labute approximate surface area is 119 Å². The van der Waals surface area contributed by atoms with E-state index >= 15 is 0 Å². The lowest BCUT2D eigenvalue weighted by Crippen LogP contribution is -2.34. The summed E-state index contributed by atoms with van der Waals surface area (Å²) in [5.74, 6) is 0. The van der Waals surface area contributed by atoms with E-state index in [0.717, 1.165) is 10.2 Å². The van der Waals surface area contributed by atoms with Gasteiger partial charge in [0.15, 0.2) is 0 Å². The number of aromatic nitrogens is 2. The summed E-state index contributed by atoms with van der Waals surface area (Å²) in [6.45, 7) is 1.90. The van der Waals surface area contributed by atoms with E-state index in [-0.39, 0.29) is 6.54 Å². The van der Waals surface area contributed by atoms with Crippen molar-refractivity contribution in [1.29, 1.82) is 0 Å². The lowest BCUT2D eigenvalue weighted by Gasteiger charge is -2.07. The molecule has 0 fully saturated rings. The maximum atomic E-state index is 11.8. The Morgan fingerprint density at radius 2 is 2.11 bits per heavy atom. The third-order valence-corrected chi connectivity index (χ3v) is 3.08. The molecule has 0 unspecified atom stereocenters. The molecular weight excluding hydrogens is 289 g/mol. The summed E-state index contributed by atoms with van der Waals surface area (Å²) < 4.78 is 0.902. The van der Waals surface area contributed by atoms with Gasteiger partial charge in [-0.2, -0.15) is 4.68 Å². The maximum Gasteiger partial charge on any atom is 0.343 e. The highest BCUT2D eigenvalue weighted by molar-refractivity contribution is 6.35. The van der Waals surface area contributed by atoms with Gasteiger partial charge in [0, 0.05) is 28.4 Å². The summed E-state index contributed by atoms with van der Waals surface area (Å²) in [5, 5.41) is 6.22. The lowest BCUT2D eigenvalue weighted by molar-refractivity contribution is 0.238. The highest BCUT2D eigenvalue weighted by Gasteiger charge is 2.09. The number of halogens is 2. The third-order valence-electron chi connectivity index (χ3n) is 2.50. The summed E-state index contributed by atoms with van der Waals surface area (Å²) >= 11 is 11.8. The molecule has 1 aromatic carbocycles. The minimum Gasteiger partial charge on any atom is -0.332 e. The van der Waals surface area contributed by atoms with Gasteiger partial charge >= 0.3 is 6.03 Å². The van der Waals surface area contributed by atoms with Crippen molar-refractivity contribution in [2.75, 3.05) is 0 Å². The molecule has 1 amide bonds. The largest absolute Gasteiger partial charge is 0.343 e. The molecule has 0 aliphatic rings.